The van der Waals surface area contributed by atoms with Gasteiger partial charge in [0.25, 0.3) is 5.69 Å². The van der Waals surface area contributed by atoms with Crippen LogP contribution in [0.5, 0.6) is 5.75 Å². The first-order valence-corrected chi connectivity index (χ1v) is 10.1. The summed E-state index contributed by atoms with van der Waals surface area (Å²) in [5, 5.41) is 12.1. The van der Waals surface area contributed by atoms with Crippen LogP contribution < -0.4 is 4.74 Å². The van der Waals surface area contributed by atoms with Crippen molar-refractivity contribution in [3.05, 3.63) is 68.7 Å². The molecule has 2 aromatic carbocycles. The molecular weight excluding hydrogens is 406 g/mol. The molecule has 1 amide bonds. The Kier molecular flexibility index (Phi) is 5.47. The Balaban J connectivity index is 1.57. The van der Waals surface area contributed by atoms with E-state index in [1.165, 1.54) is 18.2 Å². The highest BCUT2D eigenvalue weighted by Crippen LogP contribution is 2.34. The highest BCUT2D eigenvalue weighted by Gasteiger charge is 2.22. The first-order chi connectivity index (χ1) is 14.4. The molecule has 154 valence electrons. The van der Waals surface area contributed by atoms with Crippen LogP contribution in [-0.2, 0) is 16.1 Å². The van der Waals surface area contributed by atoms with Crippen LogP contribution in [0.3, 0.4) is 0 Å². The van der Waals surface area contributed by atoms with E-state index in [9.17, 15) is 14.9 Å². The number of carbonyl (C=O) groups excluding carboxylic acids is 1. The smallest absolute Gasteiger partial charge is 0.270 e. The summed E-state index contributed by atoms with van der Waals surface area (Å²) in [6.45, 7) is 2.20. The molecule has 30 heavy (non-hydrogen) atoms. The minimum Gasteiger partial charge on any atom is -0.467 e. The molecule has 1 atom stereocenters. The predicted octanol–water partition coefficient (Wildman–Crippen LogP) is 4.30. The largest absolute Gasteiger partial charge is 0.467 e. The van der Waals surface area contributed by atoms with Crippen LogP contribution in [0.15, 0.2) is 42.5 Å². The van der Waals surface area contributed by atoms with Gasteiger partial charge in [0.1, 0.15) is 10.8 Å². The second-order valence-electron chi connectivity index (χ2n) is 6.87. The fourth-order valence-electron chi connectivity index (χ4n) is 3.16. The lowest BCUT2D eigenvalue weighted by atomic mass is 10.1. The van der Waals surface area contributed by atoms with Crippen LogP contribution in [0.25, 0.3) is 16.3 Å². The lowest BCUT2D eigenvalue weighted by molar-refractivity contribution is -0.385. The molecule has 0 fully saturated rings. The zero-order valence-electron chi connectivity index (χ0n) is 16.4. The minimum atomic E-state index is -0.477. The van der Waals surface area contributed by atoms with Crippen LogP contribution in [0.2, 0.25) is 0 Å². The van der Waals surface area contributed by atoms with Crippen LogP contribution in [0, 0.1) is 10.1 Å². The molecule has 2 heterocycles. The number of nitrogens with zero attached hydrogens (tertiary/aromatic N) is 3. The van der Waals surface area contributed by atoms with Crippen LogP contribution in [-0.4, -0.2) is 34.6 Å². The first-order valence-electron chi connectivity index (χ1n) is 9.26. The Morgan fingerprint density at radius 1 is 1.37 bits per heavy atom. The highest BCUT2D eigenvalue weighted by molar-refractivity contribution is 7.18. The molecule has 4 rings (SSSR count). The average molecular weight is 425 g/mol. The third-order valence-electron chi connectivity index (χ3n) is 4.94. The van der Waals surface area contributed by atoms with Crippen molar-refractivity contribution in [3.8, 4) is 5.75 Å². The van der Waals surface area contributed by atoms with Gasteiger partial charge in [0.15, 0.2) is 6.79 Å². The summed E-state index contributed by atoms with van der Waals surface area (Å²) < 4.78 is 11.8. The molecule has 8 nitrogen and oxygen atoms in total. The van der Waals surface area contributed by atoms with E-state index in [2.05, 4.69) is 4.98 Å². The van der Waals surface area contributed by atoms with E-state index in [4.69, 9.17) is 9.47 Å². The fourth-order valence-corrected chi connectivity index (χ4v) is 4.23. The second-order valence-corrected chi connectivity index (χ2v) is 7.93. The van der Waals surface area contributed by atoms with Gasteiger partial charge < -0.3 is 14.4 Å². The molecule has 0 saturated carbocycles. The standard InChI is InChI=1S/C21H19N3O5S/c1-13(21-22-17-5-3-4-6-18(17)30-21)23(2)19(25)8-7-14-9-16(24(26)27)10-15-11-28-12-29-20(14)15/h3-10,13H,11-12H2,1-2H3/b8-7+. The number of non-ortho nitro benzene ring substituents is 1. The van der Waals surface area contributed by atoms with Gasteiger partial charge in [0.2, 0.25) is 5.91 Å². The van der Waals surface area contributed by atoms with Crippen molar-refractivity contribution >= 4 is 39.2 Å². The number of amides is 1. The summed E-state index contributed by atoms with van der Waals surface area (Å²) in [5.41, 5.74) is 1.88. The number of carbonyl (C=O) groups is 1. The highest BCUT2D eigenvalue weighted by atomic mass is 32.1. The van der Waals surface area contributed by atoms with E-state index in [1.54, 1.807) is 29.4 Å². The third kappa shape index (κ3) is 3.89. The summed E-state index contributed by atoms with van der Waals surface area (Å²) in [4.78, 5) is 29.7. The molecule has 0 saturated heterocycles. The number of ether oxygens (including phenoxy) is 2. The molecule has 0 radical (unpaired) electrons. The SMILES string of the molecule is CC(c1nc2ccccc2s1)N(C)C(=O)/C=C/c1cc([N+](=O)[O-])cc2c1OCOC2. The summed E-state index contributed by atoms with van der Waals surface area (Å²) in [6, 6.07) is 10.4. The number of aromatic nitrogens is 1. The molecule has 1 aliphatic rings. The number of para-hydroxylation sites is 1. The fraction of sp³-hybridized carbons (Fsp3) is 0.238. The van der Waals surface area contributed by atoms with Gasteiger partial charge >= 0.3 is 0 Å². The van der Waals surface area contributed by atoms with Gasteiger partial charge in [-0.3, -0.25) is 14.9 Å². The quantitative estimate of drug-likeness (QED) is 0.344. The zero-order chi connectivity index (χ0) is 21.3. The number of nitro groups is 1. The van der Waals surface area contributed by atoms with E-state index in [1.807, 2.05) is 31.2 Å². The lowest BCUT2D eigenvalue weighted by Crippen LogP contribution is -2.27. The van der Waals surface area contributed by atoms with Gasteiger partial charge in [0, 0.05) is 36.4 Å². The van der Waals surface area contributed by atoms with Crippen molar-refractivity contribution in [1.82, 2.24) is 9.88 Å². The molecule has 0 spiro atoms. The summed E-state index contributed by atoms with van der Waals surface area (Å²) >= 11 is 1.55. The Labute approximate surface area is 176 Å². The van der Waals surface area contributed by atoms with E-state index in [-0.39, 0.29) is 31.0 Å². The van der Waals surface area contributed by atoms with Crippen molar-refractivity contribution in [2.45, 2.75) is 19.6 Å². The molecule has 9 heteroatoms. The lowest BCUT2D eigenvalue weighted by Gasteiger charge is -2.22. The summed E-state index contributed by atoms with van der Waals surface area (Å²) in [7, 11) is 1.71. The topological polar surface area (TPSA) is 94.8 Å². The Morgan fingerprint density at radius 2 is 2.17 bits per heavy atom. The maximum atomic E-state index is 12.7. The van der Waals surface area contributed by atoms with Crippen molar-refractivity contribution < 1.29 is 19.2 Å². The van der Waals surface area contributed by atoms with Gasteiger partial charge in [-0.2, -0.15) is 0 Å². The molecule has 0 N–H and O–H groups in total. The van der Waals surface area contributed by atoms with E-state index in [0.717, 1.165) is 15.2 Å². The monoisotopic (exact) mass is 425 g/mol. The van der Waals surface area contributed by atoms with Crippen molar-refractivity contribution in [1.29, 1.82) is 0 Å². The summed E-state index contributed by atoms with van der Waals surface area (Å²) in [6.07, 6.45) is 2.93. The maximum Gasteiger partial charge on any atom is 0.270 e. The van der Waals surface area contributed by atoms with E-state index < -0.39 is 4.92 Å². The van der Waals surface area contributed by atoms with Gasteiger partial charge in [0.05, 0.1) is 27.8 Å². The van der Waals surface area contributed by atoms with E-state index in [0.29, 0.717) is 16.9 Å². The number of hydrogen-bond donors (Lipinski definition) is 0. The van der Waals surface area contributed by atoms with Crippen LogP contribution in [0.4, 0.5) is 5.69 Å². The number of likely N-dealkylation sites (N-methyl/N-ethyl adjacent to an activating group) is 1. The first kappa shape index (κ1) is 20.0. The average Bonchev–Trinajstić information content (AvgIpc) is 3.20. The Bertz CT molecular complexity index is 1120. The van der Waals surface area contributed by atoms with Crippen molar-refractivity contribution in [2.24, 2.45) is 0 Å². The number of hydrogen-bond acceptors (Lipinski definition) is 7. The molecular formula is C21H19N3O5S. The van der Waals surface area contributed by atoms with Crippen molar-refractivity contribution in [2.75, 3.05) is 13.8 Å². The number of thiazole rings is 1. The zero-order valence-corrected chi connectivity index (χ0v) is 17.2. The Morgan fingerprint density at radius 3 is 2.93 bits per heavy atom. The van der Waals surface area contributed by atoms with Gasteiger partial charge in [-0.25, -0.2) is 4.98 Å². The van der Waals surface area contributed by atoms with Crippen LogP contribution >= 0.6 is 11.3 Å². The van der Waals surface area contributed by atoms with Crippen LogP contribution in [0.1, 0.15) is 29.1 Å². The molecule has 0 aliphatic carbocycles. The minimum absolute atomic E-state index is 0.0636. The number of nitro benzene ring substituents is 1. The molecule has 1 aliphatic heterocycles. The van der Waals surface area contributed by atoms with E-state index >= 15 is 0 Å². The molecule has 3 aromatic rings. The molecule has 1 aromatic heterocycles. The number of benzene rings is 2. The van der Waals surface area contributed by atoms with Crippen molar-refractivity contribution in [3.63, 3.8) is 0 Å². The van der Waals surface area contributed by atoms with Gasteiger partial charge in [-0.05, 0) is 25.1 Å². The van der Waals surface area contributed by atoms with Gasteiger partial charge in [-0.1, -0.05) is 12.1 Å². The Hall–Kier alpha value is -3.30. The summed E-state index contributed by atoms with van der Waals surface area (Å²) in [5.74, 6) is 0.256. The normalized spacial score (nSPS) is 14.3. The number of rotatable bonds is 5. The molecule has 0 bridgehead atoms. The maximum absolute atomic E-state index is 12.7. The van der Waals surface area contributed by atoms with Gasteiger partial charge in [-0.15, -0.1) is 11.3 Å². The number of fused-ring (bicyclic) bond motifs is 2. The molecule has 1 unspecified atom stereocenters. The third-order valence-corrected chi connectivity index (χ3v) is 6.14. The predicted molar refractivity (Wildman–Crippen MR) is 113 cm³/mol. The second kappa shape index (κ2) is 8.21.